The van der Waals surface area contributed by atoms with Gasteiger partial charge >= 0.3 is 5.97 Å². The molecule has 0 aliphatic carbocycles. The van der Waals surface area contributed by atoms with Crippen LogP contribution in [0.1, 0.15) is 27.3 Å². The molecule has 0 saturated heterocycles. The van der Waals surface area contributed by atoms with E-state index in [0.29, 0.717) is 18.7 Å². The van der Waals surface area contributed by atoms with Crippen LogP contribution in [0, 0.1) is 6.92 Å². The summed E-state index contributed by atoms with van der Waals surface area (Å²) in [6.07, 6.45) is 0.307. The maximum absolute atomic E-state index is 12.9. The molecule has 1 unspecified atom stereocenters. The molecule has 0 saturated carbocycles. The van der Waals surface area contributed by atoms with Crippen LogP contribution in [-0.2, 0) is 24.8 Å². The lowest BCUT2D eigenvalue weighted by Crippen LogP contribution is -2.49. The maximum Gasteiger partial charge on any atom is 0.326 e. The minimum atomic E-state index is -0.981. The number of amides is 1. The third kappa shape index (κ3) is 2.67. The Balaban J connectivity index is 2.02. The fourth-order valence-electron chi connectivity index (χ4n) is 2.99. The molecule has 1 N–H and O–H groups in total. The van der Waals surface area contributed by atoms with Gasteiger partial charge in [0.05, 0.1) is 0 Å². The van der Waals surface area contributed by atoms with Gasteiger partial charge in [0.1, 0.15) is 11.7 Å². The van der Waals surface area contributed by atoms with Gasteiger partial charge in [0.25, 0.3) is 5.91 Å². The van der Waals surface area contributed by atoms with Crippen molar-refractivity contribution in [3.8, 4) is 0 Å². The summed E-state index contributed by atoms with van der Waals surface area (Å²) in [7, 11) is 1.81. The fraction of sp³-hybridized carbons (Fsp3) is 0.294. The molecule has 23 heavy (non-hydrogen) atoms. The molecule has 3 rings (SSSR count). The first-order valence-corrected chi connectivity index (χ1v) is 8.12. The number of hydrogen-bond donors (Lipinski definition) is 1. The van der Waals surface area contributed by atoms with E-state index in [0.717, 1.165) is 21.3 Å². The largest absolute Gasteiger partial charge is 0.480 e. The number of aryl methyl sites for hydroxylation is 1. The number of carbonyl (C=O) groups excluding carboxylic acids is 1. The van der Waals surface area contributed by atoms with Crippen molar-refractivity contribution < 1.29 is 14.7 Å². The Kier molecular flexibility index (Phi) is 4.02. The van der Waals surface area contributed by atoms with Gasteiger partial charge in [-0.2, -0.15) is 0 Å². The first kappa shape index (κ1) is 15.8. The van der Waals surface area contributed by atoms with Crippen molar-refractivity contribution in [2.75, 3.05) is 0 Å². The van der Waals surface area contributed by atoms with Gasteiger partial charge in [-0.1, -0.05) is 28.1 Å². The van der Waals surface area contributed by atoms with Crippen molar-refractivity contribution in [3.05, 3.63) is 57.3 Å². The van der Waals surface area contributed by atoms with Gasteiger partial charge in [-0.25, -0.2) is 4.79 Å². The standard InChI is InChI=1S/C17H17BrN2O3/c1-10-6-7-14(19(10)2)16(21)20-9-11-4-3-5-13(18)12(11)8-15(20)17(22)23/h3-7,15H,8-9H2,1-2H3,(H,22,23). The van der Waals surface area contributed by atoms with E-state index in [9.17, 15) is 14.7 Å². The SMILES string of the molecule is Cc1ccc(C(=O)N2Cc3cccc(Br)c3CC2C(=O)O)n1C. The number of benzene rings is 1. The first-order chi connectivity index (χ1) is 10.9. The van der Waals surface area contributed by atoms with Gasteiger partial charge in [-0.15, -0.1) is 0 Å². The molecule has 1 aromatic carbocycles. The normalized spacial score (nSPS) is 17.0. The fourth-order valence-corrected chi connectivity index (χ4v) is 3.56. The van der Waals surface area contributed by atoms with Crippen molar-refractivity contribution in [1.29, 1.82) is 0 Å². The lowest BCUT2D eigenvalue weighted by molar-refractivity contribution is -0.142. The highest BCUT2D eigenvalue weighted by Gasteiger charge is 2.36. The molecule has 6 heteroatoms. The molecule has 2 aromatic rings. The van der Waals surface area contributed by atoms with Crippen LogP contribution < -0.4 is 0 Å². The molecule has 5 nitrogen and oxygen atoms in total. The number of halogens is 1. The van der Waals surface area contributed by atoms with Crippen molar-refractivity contribution in [2.45, 2.75) is 25.9 Å². The summed E-state index contributed by atoms with van der Waals surface area (Å²) >= 11 is 3.47. The molecule has 0 bridgehead atoms. The first-order valence-electron chi connectivity index (χ1n) is 7.32. The predicted molar refractivity (Wildman–Crippen MR) is 89.3 cm³/mol. The number of carbonyl (C=O) groups is 2. The Labute approximate surface area is 142 Å². The molecule has 1 aliphatic heterocycles. The zero-order valence-electron chi connectivity index (χ0n) is 12.9. The molecular formula is C17H17BrN2O3. The van der Waals surface area contributed by atoms with Crippen LogP contribution in [0.15, 0.2) is 34.8 Å². The van der Waals surface area contributed by atoms with Crippen LogP contribution in [0.4, 0.5) is 0 Å². The zero-order valence-corrected chi connectivity index (χ0v) is 14.5. The van der Waals surface area contributed by atoms with Gasteiger partial charge in [-0.05, 0) is 36.2 Å². The molecule has 0 fully saturated rings. The van der Waals surface area contributed by atoms with Crippen molar-refractivity contribution in [3.63, 3.8) is 0 Å². The molecule has 1 aromatic heterocycles. The van der Waals surface area contributed by atoms with E-state index in [1.165, 1.54) is 4.90 Å². The molecular weight excluding hydrogens is 360 g/mol. The summed E-state index contributed by atoms with van der Waals surface area (Å²) in [6, 6.07) is 8.48. The van der Waals surface area contributed by atoms with E-state index in [1.807, 2.05) is 38.2 Å². The predicted octanol–water partition coefficient (Wildman–Crippen LogP) is 2.75. The van der Waals surface area contributed by atoms with Crippen LogP contribution in [0.25, 0.3) is 0 Å². The molecule has 2 heterocycles. The highest BCUT2D eigenvalue weighted by Crippen LogP contribution is 2.30. The van der Waals surface area contributed by atoms with Gasteiger partial charge < -0.3 is 14.6 Å². The molecule has 1 aliphatic rings. The van der Waals surface area contributed by atoms with Crippen molar-refractivity contribution in [2.24, 2.45) is 7.05 Å². The van der Waals surface area contributed by atoms with Crippen LogP contribution in [0.5, 0.6) is 0 Å². The number of aromatic nitrogens is 1. The van der Waals surface area contributed by atoms with E-state index < -0.39 is 12.0 Å². The van der Waals surface area contributed by atoms with Gasteiger partial charge in [0.15, 0.2) is 0 Å². The third-order valence-electron chi connectivity index (χ3n) is 4.47. The Morgan fingerprint density at radius 3 is 2.61 bits per heavy atom. The second-order valence-corrected chi connectivity index (χ2v) is 6.64. The maximum atomic E-state index is 12.9. The van der Waals surface area contributed by atoms with Crippen LogP contribution >= 0.6 is 15.9 Å². The second-order valence-electron chi connectivity index (χ2n) is 5.79. The average Bonchev–Trinajstić information content (AvgIpc) is 2.85. The molecule has 0 spiro atoms. The van der Waals surface area contributed by atoms with Crippen LogP contribution in [-0.4, -0.2) is 32.5 Å². The van der Waals surface area contributed by atoms with Gasteiger partial charge in [0, 0.05) is 30.2 Å². The average molecular weight is 377 g/mol. The number of fused-ring (bicyclic) bond motifs is 1. The topological polar surface area (TPSA) is 62.5 Å². The second kappa shape index (κ2) is 5.85. The van der Waals surface area contributed by atoms with Crippen molar-refractivity contribution >= 4 is 27.8 Å². The zero-order chi connectivity index (χ0) is 16.7. The third-order valence-corrected chi connectivity index (χ3v) is 5.21. The monoisotopic (exact) mass is 376 g/mol. The smallest absolute Gasteiger partial charge is 0.326 e. The van der Waals surface area contributed by atoms with E-state index in [-0.39, 0.29) is 5.91 Å². The number of aliphatic carboxylic acids is 1. The number of hydrogen-bond acceptors (Lipinski definition) is 2. The van der Waals surface area contributed by atoms with Crippen molar-refractivity contribution in [1.82, 2.24) is 9.47 Å². The van der Waals surface area contributed by atoms with Crippen LogP contribution in [0.3, 0.4) is 0 Å². The molecule has 0 radical (unpaired) electrons. The Bertz CT molecular complexity index is 797. The summed E-state index contributed by atoms with van der Waals surface area (Å²) in [6.45, 7) is 2.21. The van der Waals surface area contributed by atoms with E-state index in [1.54, 1.807) is 10.6 Å². The molecule has 1 amide bonds. The highest BCUT2D eigenvalue weighted by molar-refractivity contribution is 9.10. The molecule has 1 atom stereocenters. The quantitative estimate of drug-likeness (QED) is 0.876. The summed E-state index contributed by atoms with van der Waals surface area (Å²) in [5.74, 6) is -1.23. The lowest BCUT2D eigenvalue weighted by atomic mass is 9.93. The number of rotatable bonds is 2. The van der Waals surface area contributed by atoms with E-state index in [2.05, 4.69) is 15.9 Å². The summed E-state index contributed by atoms with van der Waals surface area (Å²) in [4.78, 5) is 26.0. The highest BCUT2D eigenvalue weighted by atomic mass is 79.9. The minimum Gasteiger partial charge on any atom is -0.480 e. The van der Waals surface area contributed by atoms with Crippen LogP contribution in [0.2, 0.25) is 0 Å². The molecule has 120 valence electrons. The lowest BCUT2D eigenvalue weighted by Gasteiger charge is -2.35. The summed E-state index contributed by atoms with van der Waals surface area (Å²) in [5.41, 5.74) is 3.41. The Hall–Kier alpha value is -2.08. The number of carboxylic acids is 1. The Morgan fingerprint density at radius 2 is 2.00 bits per heavy atom. The summed E-state index contributed by atoms with van der Waals surface area (Å²) < 4.78 is 2.68. The van der Waals surface area contributed by atoms with E-state index >= 15 is 0 Å². The summed E-state index contributed by atoms with van der Waals surface area (Å²) in [5, 5.41) is 9.58. The minimum absolute atomic E-state index is 0.251. The van der Waals surface area contributed by atoms with Gasteiger partial charge in [-0.3, -0.25) is 4.79 Å². The van der Waals surface area contributed by atoms with Gasteiger partial charge in [0.2, 0.25) is 0 Å². The Morgan fingerprint density at radius 1 is 1.26 bits per heavy atom. The number of nitrogens with zero attached hydrogens (tertiary/aromatic N) is 2. The number of carboxylic acid groups (broad SMARTS) is 1. The van der Waals surface area contributed by atoms with E-state index in [4.69, 9.17) is 0 Å².